The molecule has 4 rings (SSSR count). The Morgan fingerprint density at radius 2 is 1.97 bits per heavy atom. The van der Waals surface area contributed by atoms with Crippen molar-refractivity contribution in [3.63, 3.8) is 0 Å². The molecule has 0 saturated heterocycles. The van der Waals surface area contributed by atoms with Crippen molar-refractivity contribution in [1.29, 1.82) is 0 Å². The van der Waals surface area contributed by atoms with Crippen LogP contribution in [0, 0.1) is 0 Å². The molecule has 0 saturated carbocycles. The number of hydrogen-bond donors (Lipinski definition) is 1. The number of nitrogens with zero attached hydrogens (tertiary/aromatic N) is 3. The molecule has 2 aromatic carbocycles. The number of ketones is 1. The number of allylic oxidation sites excluding steroid dienone is 2. The van der Waals surface area contributed by atoms with Crippen molar-refractivity contribution >= 4 is 23.5 Å². The highest BCUT2D eigenvalue weighted by Crippen LogP contribution is 2.39. The summed E-state index contributed by atoms with van der Waals surface area (Å²) >= 11 is 1.61. The molecule has 0 spiro atoms. The Morgan fingerprint density at radius 3 is 2.67 bits per heavy atom. The van der Waals surface area contributed by atoms with E-state index in [0.29, 0.717) is 34.8 Å². The zero-order valence-corrected chi connectivity index (χ0v) is 20.1. The van der Waals surface area contributed by atoms with Gasteiger partial charge in [0.05, 0.1) is 7.11 Å². The highest BCUT2D eigenvalue weighted by Gasteiger charge is 2.33. The summed E-state index contributed by atoms with van der Waals surface area (Å²) in [5.74, 6) is 2.79. The van der Waals surface area contributed by atoms with E-state index in [9.17, 15) is 4.79 Å². The summed E-state index contributed by atoms with van der Waals surface area (Å²) in [6.45, 7) is 6.04. The number of rotatable bonds is 9. The van der Waals surface area contributed by atoms with Crippen molar-refractivity contribution < 1.29 is 14.3 Å². The summed E-state index contributed by atoms with van der Waals surface area (Å²) in [6, 6.07) is 15.3. The van der Waals surface area contributed by atoms with E-state index in [1.165, 1.54) is 0 Å². The van der Waals surface area contributed by atoms with Gasteiger partial charge in [-0.15, -0.1) is 5.10 Å². The maximum Gasteiger partial charge on any atom is 0.227 e. The molecule has 1 aliphatic heterocycles. The van der Waals surface area contributed by atoms with Gasteiger partial charge in [-0.25, -0.2) is 4.68 Å². The van der Waals surface area contributed by atoms with Crippen molar-refractivity contribution in [2.45, 2.75) is 45.0 Å². The number of carbonyl (C=O) groups is 1. The number of Topliss-reactive ketones (excluding diaryl/α,β-unsaturated/α-hetero) is 1. The first-order chi connectivity index (χ1) is 16.0. The molecule has 8 heteroatoms. The molecule has 3 aromatic rings. The second-order valence-corrected chi connectivity index (χ2v) is 8.88. The topological polar surface area (TPSA) is 78.3 Å². The van der Waals surface area contributed by atoms with E-state index in [0.717, 1.165) is 29.0 Å². The van der Waals surface area contributed by atoms with Crippen LogP contribution in [0.3, 0.4) is 0 Å². The fourth-order valence-electron chi connectivity index (χ4n) is 3.86. The van der Waals surface area contributed by atoms with Gasteiger partial charge >= 0.3 is 0 Å². The molecule has 172 valence electrons. The average Bonchev–Trinajstić information content (AvgIpc) is 3.23. The largest absolute Gasteiger partial charge is 0.493 e. The number of anilines is 1. The van der Waals surface area contributed by atoms with Crippen molar-refractivity contribution in [2.24, 2.45) is 0 Å². The molecule has 2 heterocycles. The van der Waals surface area contributed by atoms with Crippen LogP contribution >= 0.6 is 11.8 Å². The number of hydrogen-bond acceptors (Lipinski definition) is 7. The second-order valence-electron chi connectivity index (χ2n) is 7.82. The Bertz CT molecular complexity index is 1170. The van der Waals surface area contributed by atoms with E-state index in [4.69, 9.17) is 14.6 Å². The molecule has 7 nitrogen and oxygen atoms in total. The van der Waals surface area contributed by atoms with Gasteiger partial charge in [0, 0.05) is 17.0 Å². The number of aromatic nitrogens is 3. The standard InChI is InChI=1S/C25H28N4O3S/c1-5-13-33-25-27-24-26-16(2)22(17(3)30)23(29(24)28-25)19-11-12-20(21(14-19)31-4)32-15-18-9-7-6-8-10-18/h6-12,14,23H,5,13,15H2,1-4H3,(H,26,27,28). The molecule has 0 fully saturated rings. The molecule has 0 bridgehead atoms. The summed E-state index contributed by atoms with van der Waals surface area (Å²) in [6.07, 6.45) is 1.03. The lowest BCUT2D eigenvalue weighted by Crippen LogP contribution is -2.27. The third-order valence-electron chi connectivity index (χ3n) is 5.39. The fourth-order valence-corrected chi connectivity index (χ4v) is 4.54. The van der Waals surface area contributed by atoms with Crippen LogP contribution in [0.2, 0.25) is 0 Å². The van der Waals surface area contributed by atoms with Crippen LogP contribution in [0.15, 0.2) is 65.0 Å². The molecule has 1 unspecified atom stereocenters. The van der Waals surface area contributed by atoms with Gasteiger partial charge in [-0.1, -0.05) is 55.1 Å². The molecule has 33 heavy (non-hydrogen) atoms. The number of thioether (sulfide) groups is 1. The van der Waals surface area contributed by atoms with Crippen LogP contribution in [0.25, 0.3) is 0 Å². The highest BCUT2D eigenvalue weighted by atomic mass is 32.2. The first kappa shape index (κ1) is 22.9. The normalized spacial score (nSPS) is 15.1. The SMILES string of the molecule is CCCSc1nc2n(n1)C(c1ccc(OCc3ccccc3)c(OC)c1)C(C(C)=O)=C(C)N2. The van der Waals surface area contributed by atoms with Gasteiger partial charge in [0.25, 0.3) is 0 Å². The van der Waals surface area contributed by atoms with E-state index < -0.39 is 6.04 Å². The first-order valence-electron chi connectivity index (χ1n) is 10.9. The van der Waals surface area contributed by atoms with Crippen LogP contribution in [0.4, 0.5) is 5.95 Å². The van der Waals surface area contributed by atoms with E-state index in [-0.39, 0.29) is 5.78 Å². The zero-order chi connectivity index (χ0) is 23.4. The summed E-state index contributed by atoms with van der Waals surface area (Å²) in [7, 11) is 1.62. The zero-order valence-electron chi connectivity index (χ0n) is 19.3. The van der Waals surface area contributed by atoms with Crippen LogP contribution in [-0.2, 0) is 11.4 Å². The predicted octanol–water partition coefficient (Wildman–Crippen LogP) is 5.25. The van der Waals surface area contributed by atoms with Crippen molar-refractivity contribution in [3.8, 4) is 11.5 Å². The van der Waals surface area contributed by atoms with Crippen LogP contribution in [0.1, 0.15) is 44.4 Å². The molecular weight excluding hydrogens is 436 g/mol. The summed E-state index contributed by atoms with van der Waals surface area (Å²) in [4.78, 5) is 17.3. The molecule has 1 aliphatic rings. The van der Waals surface area contributed by atoms with Gasteiger partial charge in [0.1, 0.15) is 12.6 Å². The molecule has 0 amide bonds. The van der Waals surface area contributed by atoms with Gasteiger partial charge in [0.15, 0.2) is 17.3 Å². The lowest BCUT2D eigenvalue weighted by Gasteiger charge is -2.28. The number of ether oxygens (including phenoxy) is 2. The van der Waals surface area contributed by atoms with Gasteiger partial charge in [-0.2, -0.15) is 4.98 Å². The van der Waals surface area contributed by atoms with E-state index in [2.05, 4.69) is 17.2 Å². The quantitative estimate of drug-likeness (QED) is 0.434. The fraction of sp³-hybridized carbons (Fsp3) is 0.320. The lowest BCUT2D eigenvalue weighted by atomic mass is 9.93. The average molecular weight is 465 g/mol. The number of methoxy groups -OCH3 is 1. The van der Waals surface area contributed by atoms with E-state index in [1.54, 1.807) is 30.5 Å². The molecule has 1 N–H and O–H groups in total. The van der Waals surface area contributed by atoms with Gasteiger partial charge in [-0.05, 0) is 43.5 Å². The Morgan fingerprint density at radius 1 is 1.18 bits per heavy atom. The smallest absolute Gasteiger partial charge is 0.227 e. The number of benzene rings is 2. The summed E-state index contributed by atoms with van der Waals surface area (Å²) in [5.41, 5.74) is 3.38. The van der Waals surface area contributed by atoms with Crippen LogP contribution < -0.4 is 14.8 Å². The van der Waals surface area contributed by atoms with Gasteiger partial charge in [0.2, 0.25) is 11.1 Å². The van der Waals surface area contributed by atoms with Gasteiger partial charge in [-0.3, -0.25) is 4.79 Å². The number of nitrogens with one attached hydrogen (secondary N) is 1. The molecule has 0 radical (unpaired) electrons. The van der Waals surface area contributed by atoms with E-state index >= 15 is 0 Å². The van der Waals surface area contributed by atoms with Crippen LogP contribution in [-0.4, -0.2) is 33.4 Å². The third kappa shape index (κ3) is 4.90. The number of fused-ring (bicyclic) bond motifs is 1. The van der Waals surface area contributed by atoms with Crippen molar-refractivity contribution in [3.05, 3.63) is 70.9 Å². The Labute approximate surface area is 198 Å². The minimum Gasteiger partial charge on any atom is -0.493 e. The lowest BCUT2D eigenvalue weighted by molar-refractivity contribution is -0.114. The monoisotopic (exact) mass is 464 g/mol. The Balaban J connectivity index is 1.69. The molecule has 1 aromatic heterocycles. The van der Waals surface area contributed by atoms with Crippen molar-refractivity contribution in [2.75, 3.05) is 18.2 Å². The van der Waals surface area contributed by atoms with Crippen molar-refractivity contribution in [1.82, 2.24) is 14.8 Å². The van der Waals surface area contributed by atoms with Crippen LogP contribution in [0.5, 0.6) is 11.5 Å². The summed E-state index contributed by atoms with van der Waals surface area (Å²) < 4.78 is 13.5. The van der Waals surface area contributed by atoms with E-state index in [1.807, 2.05) is 55.5 Å². The maximum absolute atomic E-state index is 12.6. The summed E-state index contributed by atoms with van der Waals surface area (Å²) in [5, 5.41) is 8.65. The maximum atomic E-state index is 12.6. The second kappa shape index (κ2) is 10.1. The molecule has 0 aliphatic carbocycles. The first-order valence-corrected chi connectivity index (χ1v) is 11.9. The Hall–Kier alpha value is -3.26. The molecular formula is C25H28N4O3S. The minimum absolute atomic E-state index is 0.0164. The van der Waals surface area contributed by atoms with Gasteiger partial charge < -0.3 is 14.8 Å². The molecule has 1 atom stereocenters. The predicted molar refractivity (Wildman–Crippen MR) is 130 cm³/mol. The highest BCUT2D eigenvalue weighted by molar-refractivity contribution is 7.99. The minimum atomic E-state index is -0.403. The Kier molecular flexibility index (Phi) is 7.03. The third-order valence-corrected chi connectivity index (χ3v) is 6.43. The number of carbonyl (C=O) groups excluding carboxylic acids is 1.